The Labute approximate surface area is 106 Å². The quantitative estimate of drug-likeness (QED) is 0.871. The molecule has 2 rings (SSSR count). The Morgan fingerprint density at radius 2 is 2.35 bits per heavy atom. The van der Waals surface area contributed by atoms with Crippen LogP contribution in [0, 0.1) is 0 Å². The number of thiophene rings is 1. The van der Waals surface area contributed by atoms with Crippen LogP contribution >= 0.6 is 11.3 Å². The lowest BCUT2D eigenvalue weighted by Gasteiger charge is -2.38. The third kappa shape index (κ3) is 2.79. The molecule has 17 heavy (non-hydrogen) atoms. The van der Waals surface area contributed by atoms with E-state index in [0.29, 0.717) is 0 Å². The third-order valence-corrected chi connectivity index (χ3v) is 3.78. The van der Waals surface area contributed by atoms with E-state index in [0.717, 1.165) is 30.3 Å². The Kier molecular flexibility index (Phi) is 3.40. The Morgan fingerprint density at radius 1 is 1.59 bits per heavy atom. The van der Waals surface area contributed by atoms with E-state index in [2.05, 4.69) is 19.2 Å². The monoisotopic (exact) mass is 254 g/mol. The van der Waals surface area contributed by atoms with Gasteiger partial charge in [-0.25, -0.2) is 0 Å². The van der Waals surface area contributed by atoms with Crippen LogP contribution in [0.2, 0.25) is 0 Å². The van der Waals surface area contributed by atoms with Gasteiger partial charge in [-0.1, -0.05) is 0 Å². The summed E-state index contributed by atoms with van der Waals surface area (Å²) in [4.78, 5) is 14.9. The predicted molar refractivity (Wildman–Crippen MR) is 68.9 cm³/mol. The first kappa shape index (κ1) is 12.4. The second-order valence-electron chi connectivity index (χ2n) is 4.89. The van der Waals surface area contributed by atoms with Gasteiger partial charge in [-0.3, -0.25) is 4.79 Å². The van der Waals surface area contributed by atoms with Gasteiger partial charge in [0.05, 0.1) is 12.0 Å². The Hall–Kier alpha value is -1.07. The van der Waals surface area contributed by atoms with E-state index in [-0.39, 0.29) is 11.4 Å². The van der Waals surface area contributed by atoms with Crippen molar-refractivity contribution in [2.24, 2.45) is 0 Å². The molecule has 4 nitrogen and oxygen atoms in total. The SMILES string of the molecule is COc1csc(C(=O)N2CCNC(C)(C)C2)c1. The second-order valence-corrected chi connectivity index (χ2v) is 5.80. The molecule has 94 valence electrons. The molecule has 0 atom stereocenters. The van der Waals surface area contributed by atoms with Crippen LogP contribution in [0.3, 0.4) is 0 Å². The van der Waals surface area contributed by atoms with Crippen molar-refractivity contribution in [3.8, 4) is 5.75 Å². The summed E-state index contributed by atoms with van der Waals surface area (Å²) in [6.07, 6.45) is 0. The lowest BCUT2D eigenvalue weighted by molar-refractivity contribution is 0.0657. The first-order valence-corrected chi connectivity index (χ1v) is 6.57. The molecule has 1 aliphatic heterocycles. The molecule has 0 bridgehead atoms. The van der Waals surface area contributed by atoms with E-state index in [1.807, 2.05) is 16.3 Å². The Bertz CT molecular complexity index is 414. The Morgan fingerprint density at radius 3 is 2.94 bits per heavy atom. The number of ether oxygens (including phenoxy) is 1. The van der Waals surface area contributed by atoms with Gasteiger partial charge < -0.3 is 15.0 Å². The molecular weight excluding hydrogens is 236 g/mol. The summed E-state index contributed by atoms with van der Waals surface area (Å²) in [7, 11) is 1.62. The van der Waals surface area contributed by atoms with E-state index in [4.69, 9.17) is 4.74 Å². The minimum absolute atomic E-state index is 0.00471. The zero-order valence-electron chi connectivity index (χ0n) is 10.4. The number of carbonyl (C=O) groups excluding carboxylic acids is 1. The van der Waals surface area contributed by atoms with Gasteiger partial charge >= 0.3 is 0 Å². The average molecular weight is 254 g/mol. The van der Waals surface area contributed by atoms with E-state index in [1.54, 1.807) is 7.11 Å². The fraction of sp³-hybridized carbons (Fsp3) is 0.583. The maximum absolute atomic E-state index is 12.3. The van der Waals surface area contributed by atoms with Crippen LogP contribution in [0.25, 0.3) is 0 Å². The number of carbonyl (C=O) groups is 1. The fourth-order valence-electron chi connectivity index (χ4n) is 2.01. The van der Waals surface area contributed by atoms with Crippen LogP contribution < -0.4 is 10.1 Å². The second kappa shape index (κ2) is 4.66. The van der Waals surface area contributed by atoms with Gasteiger partial charge in [0.15, 0.2) is 0 Å². The normalized spacial score (nSPS) is 19.1. The smallest absolute Gasteiger partial charge is 0.264 e. The third-order valence-electron chi connectivity index (χ3n) is 2.88. The lowest BCUT2D eigenvalue weighted by atomic mass is 10.0. The molecule has 1 fully saturated rings. The number of nitrogens with zero attached hydrogens (tertiary/aromatic N) is 1. The number of rotatable bonds is 2. The zero-order valence-corrected chi connectivity index (χ0v) is 11.3. The zero-order chi connectivity index (χ0) is 12.5. The molecule has 0 spiro atoms. The average Bonchev–Trinajstić information content (AvgIpc) is 2.75. The summed E-state index contributed by atoms with van der Waals surface area (Å²) in [6.45, 7) is 6.58. The van der Waals surface area contributed by atoms with Crippen molar-refractivity contribution in [1.29, 1.82) is 0 Å². The van der Waals surface area contributed by atoms with Crippen molar-refractivity contribution in [3.05, 3.63) is 16.3 Å². The van der Waals surface area contributed by atoms with Crippen LogP contribution in [0.1, 0.15) is 23.5 Å². The molecule has 1 aromatic heterocycles. The van der Waals surface area contributed by atoms with Crippen molar-refractivity contribution in [3.63, 3.8) is 0 Å². The minimum atomic E-state index is -0.00471. The summed E-state index contributed by atoms with van der Waals surface area (Å²) in [6, 6.07) is 1.81. The first-order chi connectivity index (χ1) is 8.02. The molecule has 0 radical (unpaired) electrons. The number of methoxy groups -OCH3 is 1. The molecule has 5 heteroatoms. The van der Waals surface area contributed by atoms with Crippen LogP contribution in [-0.2, 0) is 0 Å². The van der Waals surface area contributed by atoms with Crippen molar-refractivity contribution in [2.75, 3.05) is 26.7 Å². The predicted octanol–water partition coefficient (Wildman–Crippen LogP) is 1.58. The van der Waals surface area contributed by atoms with Crippen LogP contribution in [0.4, 0.5) is 0 Å². The number of piperazine rings is 1. The lowest BCUT2D eigenvalue weighted by Crippen LogP contribution is -2.58. The van der Waals surface area contributed by atoms with Crippen molar-refractivity contribution >= 4 is 17.2 Å². The molecule has 1 aliphatic rings. The minimum Gasteiger partial charge on any atom is -0.496 e. The van der Waals surface area contributed by atoms with Crippen molar-refractivity contribution in [2.45, 2.75) is 19.4 Å². The van der Waals surface area contributed by atoms with Gasteiger partial charge in [0.1, 0.15) is 5.75 Å². The highest BCUT2D eigenvalue weighted by Gasteiger charge is 2.29. The van der Waals surface area contributed by atoms with Crippen molar-refractivity contribution in [1.82, 2.24) is 10.2 Å². The number of hydrogen-bond acceptors (Lipinski definition) is 4. The van der Waals surface area contributed by atoms with Gasteiger partial charge in [-0.05, 0) is 13.8 Å². The van der Waals surface area contributed by atoms with Gasteiger partial charge in [0.2, 0.25) is 0 Å². The molecule has 0 aliphatic carbocycles. The van der Waals surface area contributed by atoms with Gasteiger partial charge in [0.25, 0.3) is 5.91 Å². The van der Waals surface area contributed by atoms with Crippen LogP contribution in [-0.4, -0.2) is 43.1 Å². The van der Waals surface area contributed by atoms with E-state index < -0.39 is 0 Å². The fourth-order valence-corrected chi connectivity index (χ4v) is 2.83. The van der Waals surface area contributed by atoms with Gasteiger partial charge in [-0.2, -0.15) is 0 Å². The molecule has 2 heterocycles. The Balaban J connectivity index is 2.09. The molecule has 0 unspecified atom stereocenters. The largest absolute Gasteiger partial charge is 0.496 e. The first-order valence-electron chi connectivity index (χ1n) is 5.69. The molecule has 1 N–H and O–H groups in total. The summed E-state index contributed by atoms with van der Waals surface area (Å²) in [5, 5.41) is 5.26. The number of amides is 1. The molecular formula is C12H18N2O2S. The molecule has 0 saturated carbocycles. The van der Waals surface area contributed by atoms with Gasteiger partial charge in [-0.15, -0.1) is 11.3 Å². The van der Waals surface area contributed by atoms with Crippen LogP contribution in [0.5, 0.6) is 5.75 Å². The van der Waals surface area contributed by atoms with Crippen molar-refractivity contribution < 1.29 is 9.53 Å². The summed E-state index contributed by atoms with van der Waals surface area (Å²) >= 11 is 1.44. The maximum Gasteiger partial charge on any atom is 0.264 e. The van der Waals surface area contributed by atoms with Crippen LogP contribution in [0.15, 0.2) is 11.4 Å². The molecule has 1 amide bonds. The standard InChI is InChI=1S/C12H18N2O2S/c1-12(2)8-14(5-4-13-12)11(15)10-6-9(16-3)7-17-10/h6-7,13H,4-5,8H2,1-3H3. The summed E-state index contributed by atoms with van der Waals surface area (Å²) < 4.78 is 5.10. The topological polar surface area (TPSA) is 41.6 Å². The summed E-state index contributed by atoms with van der Waals surface area (Å²) in [5.74, 6) is 0.862. The van der Waals surface area contributed by atoms with E-state index in [1.165, 1.54) is 11.3 Å². The molecule has 0 aromatic carbocycles. The number of nitrogens with one attached hydrogen (secondary N) is 1. The summed E-state index contributed by atoms with van der Waals surface area (Å²) in [5.41, 5.74) is -0.00471. The van der Waals surface area contributed by atoms with Gasteiger partial charge in [0, 0.05) is 36.6 Å². The molecule has 1 saturated heterocycles. The van der Waals surface area contributed by atoms with E-state index >= 15 is 0 Å². The highest BCUT2D eigenvalue weighted by atomic mass is 32.1. The highest BCUT2D eigenvalue weighted by Crippen LogP contribution is 2.23. The maximum atomic E-state index is 12.3. The van der Waals surface area contributed by atoms with E-state index in [9.17, 15) is 4.79 Å². The highest BCUT2D eigenvalue weighted by molar-refractivity contribution is 7.12. The number of hydrogen-bond donors (Lipinski definition) is 1. The molecule has 1 aromatic rings.